The summed E-state index contributed by atoms with van der Waals surface area (Å²) in [6.07, 6.45) is 9.83. The largest absolute Gasteiger partial charge is 0.340 e. The van der Waals surface area contributed by atoms with Crippen LogP contribution in [0.2, 0.25) is 0 Å². The maximum Gasteiger partial charge on any atom is 0.222 e. The minimum absolute atomic E-state index is 0.348. The Morgan fingerprint density at radius 3 is 2.48 bits per heavy atom. The lowest BCUT2D eigenvalue weighted by Gasteiger charge is -2.34. The molecule has 0 spiro atoms. The van der Waals surface area contributed by atoms with Crippen LogP contribution in [0.4, 0.5) is 0 Å². The van der Waals surface area contributed by atoms with Gasteiger partial charge in [0, 0.05) is 39.1 Å². The number of carbonyl (C=O) groups excluding carboxylic acids is 1. The predicted molar refractivity (Wildman–Crippen MR) is 97.3 cm³/mol. The number of hydrogen-bond acceptors (Lipinski definition) is 2. The summed E-state index contributed by atoms with van der Waals surface area (Å²) in [6.45, 7) is 6.90. The van der Waals surface area contributed by atoms with Gasteiger partial charge in [0.05, 0.1) is 0 Å². The molecule has 1 heterocycles. The van der Waals surface area contributed by atoms with Crippen LogP contribution in [0.1, 0.15) is 44.6 Å². The van der Waals surface area contributed by atoms with Crippen LogP contribution in [0, 0.1) is 0 Å². The van der Waals surface area contributed by atoms with Crippen molar-refractivity contribution in [3.8, 4) is 0 Å². The lowest BCUT2D eigenvalue weighted by molar-refractivity contribution is -0.133. The fourth-order valence-electron chi connectivity index (χ4n) is 2.94. The highest BCUT2D eigenvalue weighted by Gasteiger charge is 2.19. The van der Waals surface area contributed by atoms with E-state index in [1.807, 2.05) is 11.0 Å². The minimum Gasteiger partial charge on any atom is -0.340 e. The molecule has 1 aliphatic heterocycles. The third kappa shape index (κ3) is 6.57. The molecule has 0 unspecified atom stereocenters. The van der Waals surface area contributed by atoms with Gasteiger partial charge in [0.15, 0.2) is 0 Å². The Bertz CT molecular complexity index is 476. The molecule has 23 heavy (non-hydrogen) atoms. The second-order valence-electron chi connectivity index (χ2n) is 6.31. The molecule has 1 aliphatic rings. The average molecular weight is 314 g/mol. The Morgan fingerprint density at radius 1 is 1.04 bits per heavy atom. The molecule has 1 fully saturated rings. The summed E-state index contributed by atoms with van der Waals surface area (Å²) in [4.78, 5) is 16.6. The maximum absolute atomic E-state index is 12.2. The number of benzene rings is 1. The van der Waals surface area contributed by atoms with Gasteiger partial charge in [0.25, 0.3) is 0 Å². The molecule has 0 saturated carbocycles. The minimum atomic E-state index is 0.348. The zero-order chi connectivity index (χ0) is 16.3. The molecule has 3 heteroatoms. The summed E-state index contributed by atoms with van der Waals surface area (Å²) < 4.78 is 0. The monoisotopic (exact) mass is 314 g/mol. The van der Waals surface area contributed by atoms with E-state index < -0.39 is 0 Å². The van der Waals surface area contributed by atoms with E-state index in [0.717, 1.165) is 45.6 Å². The maximum atomic E-state index is 12.2. The highest BCUT2D eigenvalue weighted by molar-refractivity contribution is 5.76. The third-order valence-corrected chi connectivity index (χ3v) is 4.44. The molecule has 0 aliphatic carbocycles. The summed E-state index contributed by atoms with van der Waals surface area (Å²) in [5.41, 5.74) is 1.24. The number of unbranched alkanes of at least 4 members (excludes halogenated alkanes) is 3. The number of hydrogen-bond donors (Lipinski definition) is 0. The lowest BCUT2D eigenvalue weighted by atomic mass is 10.1. The molecule has 0 N–H and O–H groups in total. The number of nitrogens with zero attached hydrogens (tertiary/aromatic N) is 2. The van der Waals surface area contributed by atoms with E-state index in [2.05, 4.69) is 48.2 Å². The molecule has 126 valence electrons. The van der Waals surface area contributed by atoms with Crippen molar-refractivity contribution in [1.82, 2.24) is 9.80 Å². The van der Waals surface area contributed by atoms with Crippen LogP contribution in [0.25, 0.3) is 6.08 Å². The third-order valence-electron chi connectivity index (χ3n) is 4.44. The Labute approximate surface area is 141 Å². The second-order valence-corrected chi connectivity index (χ2v) is 6.31. The van der Waals surface area contributed by atoms with Crippen LogP contribution < -0.4 is 0 Å². The molecule has 0 atom stereocenters. The van der Waals surface area contributed by atoms with E-state index in [1.54, 1.807) is 0 Å². The van der Waals surface area contributed by atoms with Crippen LogP contribution in [0.3, 0.4) is 0 Å². The van der Waals surface area contributed by atoms with Crippen molar-refractivity contribution in [2.45, 2.75) is 39.0 Å². The van der Waals surface area contributed by atoms with Crippen molar-refractivity contribution in [2.75, 3.05) is 32.7 Å². The van der Waals surface area contributed by atoms with Gasteiger partial charge in [-0.3, -0.25) is 9.69 Å². The SMILES string of the molecule is CCCCCCC(=O)N1CCN(CC=Cc2ccccc2)CC1. The number of amides is 1. The summed E-state index contributed by atoms with van der Waals surface area (Å²) in [5.74, 6) is 0.348. The molecule has 0 bridgehead atoms. The van der Waals surface area contributed by atoms with Gasteiger partial charge in [-0.05, 0) is 12.0 Å². The van der Waals surface area contributed by atoms with E-state index in [1.165, 1.54) is 24.8 Å². The number of carbonyl (C=O) groups is 1. The molecule has 1 saturated heterocycles. The fourth-order valence-corrected chi connectivity index (χ4v) is 2.94. The molecular weight excluding hydrogens is 284 g/mol. The predicted octanol–water partition coefficient (Wildman–Crippen LogP) is 3.81. The summed E-state index contributed by atoms with van der Waals surface area (Å²) in [6, 6.07) is 10.4. The van der Waals surface area contributed by atoms with Crippen molar-refractivity contribution in [3.05, 3.63) is 42.0 Å². The van der Waals surface area contributed by atoms with Crippen molar-refractivity contribution in [3.63, 3.8) is 0 Å². The highest BCUT2D eigenvalue weighted by Crippen LogP contribution is 2.09. The van der Waals surface area contributed by atoms with Crippen LogP contribution in [0.15, 0.2) is 36.4 Å². The van der Waals surface area contributed by atoms with Gasteiger partial charge < -0.3 is 4.90 Å². The molecular formula is C20H30N2O. The topological polar surface area (TPSA) is 23.6 Å². The van der Waals surface area contributed by atoms with Gasteiger partial charge in [-0.25, -0.2) is 0 Å². The van der Waals surface area contributed by atoms with E-state index >= 15 is 0 Å². The van der Waals surface area contributed by atoms with Gasteiger partial charge in [0.2, 0.25) is 5.91 Å². The van der Waals surface area contributed by atoms with Crippen molar-refractivity contribution < 1.29 is 4.79 Å². The van der Waals surface area contributed by atoms with Crippen molar-refractivity contribution in [2.24, 2.45) is 0 Å². The average Bonchev–Trinajstić information content (AvgIpc) is 2.60. The summed E-state index contributed by atoms with van der Waals surface area (Å²) in [7, 11) is 0. The normalized spacial score (nSPS) is 16.1. The van der Waals surface area contributed by atoms with Crippen molar-refractivity contribution in [1.29, 1.82) is 0 Å². The van der Waals surface area contributed by atoms with Gasteiger partial charge in [-0.1, -0.05) is 68.7 Å². The van der Waals surface area contributed by atoms with E-state index in [9.17, 15) is 4.79 Å². The zero-order valence-corrected chi connectivity index (χ0v) is 14.4. The van der Waals surface area contributed by atoms with E-state index in [4.69, 9.17) is 0 Å². The first-order valence-electron chi connectivity index (χ1n) is 9.01. The van der Waals surface area contributed by atoms with Gasteiger partial charge in [-0.2, -0.15) is 0 Å². The first-order valence-corrected chi connectivity index (χ1v) is 9.01. The standard InChI is InChI=1S/C20H30N2O/c1-2-3-4-8-13-20(23)22-17-15-21(16-18-22)14-9-12-19-10-6-5-7-11-19/h5-7,9-12H,2-4,8,13-18H2,1H3. The second kappa shape index (κ2) is 10.2. The highest BCUT2D eigenvalue weighted by atomic mass is 16.2. The Hall–Kier alpha value is -1.61. The van der Waals surface area contributed by atoms with Crippen LogP contribution in [-0.2, 0) is 4.79 Å². The summed E-state index contributed by atoms with van der Waals surface area (Å²) >= 11 is 0. The Balaban J connectivity index is 1.63. The molecule has 3 nitrogen and oxygen atoms in total. The first kappa shape index (κ1) is 17.7. The summed E-state index contributed by atoms with van der Waals surface area (Å²) in [5, 5.41) is 0. The quantitative estimate of drug-likeness (QED) is 0.681. The van der Waals surface area contributed by atoms with Crippen LogP contribution >= 0.6 is 0 Å². The number of piperazine rings is 1. The van der Waals surface area contributed by atoms with E-state index in [-0.39, 0.29) is 0 Å². The smallest absolute Gasteiger partial charge is 0.222 e. The fraction of sp³-hybridized carbons (Fsp3) is 0.550. The first-order chi connectivity index (χ1) is 11.3. The zero-order valence-electron chi connectivity index (χ0n) is 14.4. The molecule has 1 aromatic carbocycles. The number of rotatable bonds is 8. The lowest BCUT2D eigenvalue weighted by Crippen LogP contribution is -2.48. The molecule has 0 aromatic heterocycles. The Kier molecular flexibility index (Phi) is 7.88. The van der Waals surface area contributed by atoms with Crippen LogP contribution in [0.5, 0.6) is 0 Å². The molecule has 2 rings (SSSR count). The molecule has 1 aromatic rings. The Morgan fingerprint density at radius 2 is 1.78 bits per heavy atom. The molecule has 0 radical (unpaired) electrons. The van der Waals surface area contributed by atoms with Crippen molar-refractivity contribution >= 4 is 12.0 Å². The van der Waals surface area contributed by atoms with Gasteiger partial charge in [-0.15, -0.1) is 0 Å². The van der Waals surface area contributed by atoms with Crippen LogP contribution in [-0.4, -0.2) is 48.4 Å². The molecule has 1 amide bonds. The van der Waals surface area contributed by atoms with E-state index in [0.29, 0.717) is 5.91 Å². The van der Waals surface area contributed by atoms with Gasteiger partial charge >= 0.3 is 0 Å². The van der Waals surface area contributed by atoms with Gasteiger partial charge in [0.1, 0.15) is 0 Å².